The van der Waals surface area contributed by atoms with Crippen molar-refractivity contribution in [3.05, 3.63) is 66.0 Å². The lowest BCUT2D eigenvalue weighted by Gasteiger charge is -2.22. The fourth-order valence-corrected chi connectivity index (χ4v) is 3.00. The van der Waals surface area contributed by atoms with Gasteiger partial charge in [0.25, 0.3) is 0 Å². The normalized spacial score (nSPS) is 11.0. The summed E-state index contributed by atoms with van der Waals surface area (Å²) in [5.74, 6) is 2.52. The highest BCUT2D eigenvalue weighted by Gasteiger charge is 2.08. The molecule has 3 rings (SSSR count). The predicted octanol–water partition coefficient (Wildman–Crippen LogP) is 4.09. The SMILES string of the molecule is CCNC(=NCc1cccc(-c2ncn[nH]2)c1)N(C)Cc1ccc(OCC)cc1.I. The summed E-state index contributed by atoms with van der Waals surface area (Å²) >= 11 is 0. The van der Waals surface area contributed by atoms with E-state index < -0.39 is 0 Å². The Bertz CT molecular complexity index is 912. The monoisotopic (exact) mass is 520 g/mol. The summed E-state index contributed by atoms with van der Waals surface area (Å²) in [6.45, 7) is 6.89. The molecular weight excluding hydrogens is 491 g/mol. The zero-order chi connectivity index (χ0) is 20.5. The second-order valence-electron chi connectivity index (χ2n) is 6.64. The van der Waals surface area contributed by atoms with Crippen LogP contribution >= 0.6 is 24.0 Å². The van der Waals surface area contributed by atoms with Crippen molar-refractivity contribution in [1.29, 1.82) is 0 Å². The number of nitrogens with one attached hydrogen (secondary N) is 2. The molecule has 0 aliphatic heterocycles. The number of rotatable bonds is 8. The summed E-state index contributed by atoms with van der Waals surface area (Å²) in [7, 11) is 2.04. The third-order valence-electron chi connectivity index (χ3n) is 4.38. The number of nitrogens with zero attached hydrogens (tertiary/aromatic N) is 4. The molecule has 0 aliphatic rings. The molecule has 0 atom stereocenters. The highest BCUT2D eigenvalue weighted by atomic mass is 127. The van der Waals surface area contributed by atoms with Crippen molar-refractivity contribution in [3.63, 3.8) is 0 Å². The minimum atomic E-state index is 0. The summed E-state index contributed by atoms with van der Waals surface area (Å²) in [5, 5.41) is 10.2. The van der Waals surface area contributed by atoms with Crippen LogP contribution in [0.2, 0.25) is 0 Å². The number of aromatic amines is 1. The van der Waals surface area contributed by atoms with Gasteiger partial charge in [-0.1, -0.05) is 30.3 Å². The Kier molecular flexibility index (Phi) is 9.59. The molecule has 7 nitrogen and oxygen atoms in total. The lowest BCUT2D eigenvalue weighted by Crippen LogP contribution is -2.38. The molecular formula is C22H29IN6O. The average molecular weight is 520 g/mol. The fourth-order valence-electron chi connectivity index (χ4n) is 3.00. The van der Waals surface area contributed by atoms with Gasteiger partial charge in [-0.3, -0.25) is 5.10 Å². The standard InChI is InChI=1S/C22H28N6O.HI/c1-4-23-22(28(3)15-17-9-11-20(12-10-17)29-5-2)24-14-18-7-6-8-19(13-18)21-25-16-26-27-21;/h6-13,16H,4-5,14-15H2,1-3H3,(H,23,24)(H,25,26,27);1H. The van der Waals surface area contributed by atoms with Crippen LogP contribution < -0.4 is 10.1 Å². The molecule has 0 amide bonds. The van der Waals surface area contributed by atoms with Gasteiger partial charge in [-0.15, -0.1) is 24.0 Å². The van der Waals surface area contributed by atoms with Crippen LogP contribution in [0.25, 0.3) is 11.4 Å². The Labute approximate surface area is 195 Å². The van der Waals surface area contributed by atoms with E-state index in [1.54, 1.807) is 0 Å². The Hall–Kier alpha value is -2.62. The Morgan fingerprint density at radius 1 is 1.13 bits per heavy atom. The van der Waals surface area contributed by atoms with Crippen LogP contribution in [-0.2, 0) is 13.1 Å². The topological polar surface area (TPSA) is 78.4 Å². The molecule has 0 unspecified atom stereocenters. The first kappa shape index (κ1) is 23.7. The number of hydrogen-bond donors (Lipinski definition) is 2. The number of benzene rings is 2. The van der Waals surface area contributed by atoms with Crippen molar-refractivity contribution in [2.24, 2.45) is 4.99 Å². The van der Waals surface area contributed by atoms with Gasteiger partial charge in [0, 0.05) is 25.7 Å². The molecule has 0 spiro atoms. The van der Waals surface area contributed by atoms with Crippen molar-refractivity contribution in [3.8, 4) is 17.1 Å². The van der Waals surface area contributed by atoms with E-state index in [1.807, 2.05) is 38.2 Å². The predicted molar refractivity (Wildman–Crippen MR) is 131 cm³/mol. The number of guanidine groups is 1. The first-order valence-electron chi connectivity index (χ1n) is 9.85. The fraction of sp³-hybridized carbons (Fsp3) is 0.318. The molecule has 2 N–H and O–H groups in total. The van der Waals surface area contributed by atoms with Crippen LogP contribution in [0.4, 0.5) is 0 Å². The van der Waals surface area contributed by atoms with Gasteiger partial charge < -0.3 is 15.0 Å². The number of hydrogen-bond acceptors (Lipinski definition) is 4. The first-order valence-corrected chi connectivity index (χ1v) is 9.85. The number of halogens is 1. The molecule has 0 saturated heterocycles. The van der Waals surface area contributed by atoms with Crippen LogP contribution in [0.5, 0.6) is 5.75 Å². The highest BCUT2D eigenvalue weighted by Crippen LogP contribution is 2.16. The minimum Gasteiger partial charge on any atom is -0.494 e. The third kappa shape index (κ3) is 6.72. The van der Waals surface area contributed by atoms with Crippen LogP contribution in [0, 0.1) is 0 Å². The third-order valence-corrected chi connectivity index (χ3v) is 4.38. The Balaban J connectivity index is 0.00000320. The maximum Gasteiger partial charge on any atom is 0.194 e. The molecule has 3 aromatic rings. The zero-order valence-corrected chi connectivity index (χ0v) is 20.0. The quantitative estimate of drug-likeness (QED) is 0.266. The van der Waals surface area contributed by atoms with E-state index in [-0.39, 0.29) is 24.0 Å². The molecule has 0 saturated carbocycles. The second-order valence-corrected chi connectivity index (χ2v) is 6.64. The van der Waals surface area contributed by atoms with Crippen molar-refractivity contribution in [2.75, 3.05) is 20.2 Å². The van der Waals surface area contributed by atoms with Crippen molar-refractivity contribution in [2.45, 2.75) is 26.9 Å². The van der Waals surface area contributed by atoms with Crippen molar-refractivity contribution < 1.29 is 4.74 Å². The van der Waals surface area contributed by atoms with Gasteiger partial charge >= 0.3 is 0 Å². The maximum absolute atomic E-state index is 5.52. The molecule has 2 aromatic carbocycles. The summed E-state index contributed by atoms with van der Waals surface area (Å²) in [6.07, 6.45) is 1.51. The smallest absolute Gasteiger partial charge is 0.194 e. The molecule has 1 aromatic heterocycles. The van der Waals surface area contributed by atoms with Gasteiger partial charge in [-0.2, -0.15) is 5.10 Å². The first-order chi connectivity index (χ1) is 14.2. The summed E-state index contributed by atoms with van der Waals surface area (Å²) in [5.41, 5.74) is 3.32. The summed E-state index contributed by atoms with van der Waals surface area (Å²) in [6, 6.07) is 16.4. The van der Waals surface area contributed by atoms with E-state index in [1.165, 1.54) is 11.9 Å². The van der Waals surface area contributed by atoms with Gasteiger partial charge in [0.05, 0.1) is 13.2 Å². The van der Waals surface area contributed by atoms with E-state index in [9.17, 15) is 0 Å². The summed E-state index contributed by atoms with van der Waals surface area (Å²) < 4.78 is 5.52. The van der Waals surface area contributed by atoms with Crippen LogP contribution in [0.15, 0.2) is 59.9 Å². The molecule has 0 bridgehead atoms. The molecule has 30 heavy (non-hydrogen) atoms. The van der Waals surface area contributed by atoms with E-state index in [0.29, 0.717) is 13.2 Å². The Morgan fingerprint density at radius 3 is 2.60 bits per heavy atom. The minimum absolute atomic E-state index is 0. The van der Waals surface area contributed by atoms with E-state index >= 15 is 0 Å². The molecule has 160 valence electrons. The van der Waals surface area contributed by atoms with E-state index in [0.717, 1.165) is 41.7 Å². The molecule has 0 aliphatic carbocycles. The maximum atomic E-state index is 5.52. The average Bonchev–Trinajstić information content (AvgIpc) is 3.28. The molecule has 0 fully saturated rings. The highest BCUT2D eigenvalue weighted by molar-refractivity contribution is 14.0. The lowest BCUT2D eigenvalue weighted by atomic mass is 10.1. The molecule has 8 heteroatoms. The van der Waals surface area contributed by atoms with Gasteiger partial charge in [0.15, 0.2) is 11.8 Å². The number of ether oxygens (including phenoxy) is 1. The number of aliphatic imine (C=N–C) groups is 1. The zero-order valence-electron chi connectivity index (χ0n) is 17.6. The van der Waals surface area contributed by atoms with Crippen LogP contribution in [-0.4, -0.2) is 46.2 Å². The largest absolute Gasteiger partial charge is 0.494 e. The van der Waals surface area contributed by atoms with Gasteiger partial charge in [-0.25, -0.2) is 9.98 Å². The van der Waals surface area contributed by atoms with Crippen LogP contribution in [0.3, 0.4) is 0 Å². The van der Waals surface area contributed by atoms with Gasteiger partial charge in [0.1, 0.15) is 12.1 Å². The summed E-state index contributed by atoms with van der Waals surface area (Å²) in [4.78, 5) is 11.1. The lowest BCUT2D eigenvalue weighted by molar-refractivity contribution is 0.340. The van der Waals surface area contributed by atoms with Crippen LogP contribution in [0.1, 0.15) is 25.0 Å². The molecule has 0 radical (unpaired) electrons. The van der Waals surface area contributed by atoms with Gasteiger partial charge in [-0.05, 0) is 43.2 Å². The van der Waals surface area contributed by atoms with Crippen molar-refractivity contribution in [1.82, 2.24) is 25.4 Å². The molecule has 1 heterocycles. The number of aromatic nitrogens is 3. The van der Waals surface area contributed by atoms with E-state index in [2.05, 4.69) is 56.6 Å². The Morgan fingerprint density at radius 2 is 1.93 bits per heavy atom. The van der Waals surface area contributed by atoms with E-state index in [4.69, 9.17) is 9.73 Å². The second kappa shape index (κ2) is 12.2. The van der Waals surface area contributed by atoms with Gasteiger partial charge in [0.2, 0.25) is 0 Å². The number of H-pyrrole nitrogens is 1. The van der Waals surface area contributed by atoms with Crippen molar-refractivity contribution >= 4 is 29.9 Å².